The molecular weight excluding hydrogens is 541 g/mol. The Bertz CT molecular complexity index is 1700. The Morgan fingerprint density at radius 1 is 0.976 bits per heavy atom. The second-order valence-electron chi connectivity index (χ2n) is 9.56. The van der Waals surface area contributed by atoms with Gasteiger partial charge >= 0.3 is 0 Å². The SMILES string of the molecule is CCCc1ccccc1NC(=O)CC(=O)Nc1ccc(Oc2ccnc3cc(-c4cn(CCC)cn4)sc23)c(F)c1. The van der Waals surface area contributed by atoms with Gasteiger partial charge in [0.15, 0.2) is 11.6 Å². The number of hydrogen-bond donors (Lipinski definition) is 2. The minimum Gasteiger partial charge on any atom is -0.453 e. The van der Waals surface area contributed by atoms with Gasteiger partial charge in [-0.3, -0.25) is 14.6 Å². The van der Waals surface area contributed by atoms with Crippen molar-refractivity contribution >= 4 is 44.7 Å². The average Bonchev–Trinajstić information content (AvgIpc) is 3.59. The molecule has 0 saturated carbocycles. The lowest BCUT2D eigenvalue weighted by Crippen LogP contribution is -2.22. The number of imidazole rings is 1. The maximum atomic E-state index is 15.0. The van der Waals surface area contributed by atoms with Crippen LogP contribution in [-0.2, 0) is 22.6 Å². The van der Waals surface area contributed by atoms with Crippen LogP contribution in [0.3, 0.4) is 0 Å². The van der Waals surface area contributed by atoms with Gasteiger partial charge in [-0.25, -0.2) is 9.37 Å². The largest absolute Gasteiger partial charge is 0.453 e. The molecule has 3 heterocycles. The maximum absolute atomic E-state index is 15.0. The third kappa shape index (κ3) is 6.78. The van der Waals surface area contributed by atoms with Gasteiger partial charge in [-0.05, 0) is 42.7 Å². The highest BCUT2D eigenvalue weighted by atomic mass is 32.1. The summed E-state index contributed by atoms with van der Waals surface area (Å²) in [6.45, 7) is 5.06. The van der Waals surface area contributed by atoms with Crippen molar-refractivity contribution in [1.29, 1.82) is 0 Å². The van der Waals surface area contributed by atoms with E-state index in [9.17, 15) is 9.59 Å². The van der Waals surface area contributed by atoms with Crippen LogP contribution >= 0.6 is 11.3 Å². The van der Waals surface area contributed by atoms with Gasteiger partial charge in [-0.2, -0.15) is 0 Å². The van der Waals surface area contributed by atoms with E-state index in [2.05, 4.69) is 34.4 Å². The fraction of sp³-hybridized carbons (Fsp3) is 0.226. The number of aryl methyl sites for hydroxylation is 2. The highest BCUT2D eigenvalue weighted by molar-refractivity contribution is 7.22. The van der Waals surface area contributed by atoms with Crippen LogP contribution in [0.15, 0.2) is 73.3 Å². The molecule has 0 unspecified atom stereocenters. The fourth-order valence-corrected chi connectivity index (χ4v) is 5.47. The number of nitrogens with one attached hydrogen (secondary N) is 2. The second kappa shape index (κ2) is 12.7. The number of pyridine rings is 1. The molecule has 10 heteroatoms. The van der Waals surface area contributed by atoms with E-state index in [4.69, 9.17) is 4.74 Å². The summed E-state index contributed by atoms with van der Waals surface area (Å²) in [5, 5.41) is 5.37. The smallest absolute Gasteiger partial charge is 0.233 e. The fourth-order valence-electron chi connectivity index (χ4n) is 4.44. The lowest BCUT2D eigenvalue weighted by Gasteiger charge is -2.11. The summed E-state index contributed by atoms with van der Waals surface area (Å²) in [6.07, 6.45) is 7.79. The molecule has 0 spiro atoms. The number of halogens is 1. The summed E-state index contributed by atoms with van der Waals surface area (Å²) in [7, 11) is 0. The molecule has 2 N–H and O–H groups in total. The van der Waals surface area contributed by atoms with E-state index in [1.807, 2.05) is 47.4 Å². The molecule has 0 atom stereocenters. The van der Waals surface area contributed by atoms with Crippen molar-refractivity contribution in [2.24, 2.45) is 0 Å². The number of carbonyl (C=O) groups is 2. The number of carbonyl (C=O) groups excluding carboxylic acids is 2. The zero-order valence-electron chi connectivity index (χ0n) is 22.8. The number of para-hydroxylation sites is 1. The number of anilines is 2. The lowest BCUT2D eigenvalue weighted by molar-refractivity contribution is -0.123. The van der Waals surface area contributed by atoms with Crippen LogP contribution in [-0.4, -0.2) is 26.3 Å². The van der Waals surface area contributed by atoms with E-state index in [-0.39, 0.29) is 11.4 Å². The molecule has 0 radical (unpaired) electrons. The van der Waals surface area contributed by atoms with Crippen molar-refractivity contribution in [3.05, 3.63) is 84.7 Å². The second-order valence-corrected chi connectivity index (χ2v) is 10.6. The normalized spacial score (nSPS) is 11.0. The van der Waals surface area contributed by atoms with Crippen molar-refractivity contribution in [2.45, 2.75) is 46.1 Å². The van der Waals surface area contributed by atoms with Gasteiger partial charge in [-0.1, -0.05) is 38.5 Å². The molecule has 3 aromatic heterocycles. The van der Waals surface area contributed by atoms with E-state index in [0.29, 0.717) is 11.4 Å². The Labute approximate surface area is 241 Å². The van der Waals surface area contributed by atoms with Gasteiger partial charge in [0.05, 0.1) is 27.1 Å². The van der Waals surface area contributed by atoms with Crippen LogP contribution < -0.4 is 15.4 Å². The number of rotatable bonds is 11. The van der Waals surface area contributed by atoms with E-state index in [1.165, 1.54) is 29.5 Å². The zero-order valence-corrected chi connectivity index (χ0v) is 23.6. The predicted octanol–water partition coefficient (Wildman–Crippen LogP) is 7.42. The topological polar surface area (TPSA) is 98.1 Å². The summed E-state index contributed by atoms with van der Waals surface area (Å²) in [5.74, 6) is -1.17. The summed E-state index contributed by atoms with van der Waals surface area (Å²) in [5.41, 5.74) is 3.49. The number of benzene rings is 2. The maximum Gasteiger partial charge on any atom is 0.233 e. The van der Waals surface area contributed by atoms with Gasteiger partial charge in [0.1, 0.15) is 12.2 Å². The Hall–Kier alpha value is -4.57. The first-order chi connectivity index (χ1) is 19.9. The first kappa shape index (κ1) is 28.0. The minimum atomic E-state index is -0.652. The van der Waals surface area contributed by atoms with Gasteiger partial charge in [-0.15, -0.1) is 11.3 Å². The van der Waals surface area contributed by atoms with Crippen LogP contribution in [0.25, 0.3) is 20.8 Å². The monoisotopic (exact) mass is 571 g/mol. The van der Waals surface area contributed by atoms with Gasteiger partial charge in [0, 0.05) is 42.4 Å². The molecule has 2 aromatic carbocycles. The third-order valence-corrected chi connectivity index (χ3v) is 7.47. The van der Waals surface area contributed by atoms with Crippen molar-refractivity contribution in [3.8, 4) is 22.1 Å². The van der Waals surface area contributed by atoms with Crippen LogP contribution in [0, 0.1) is 5.82 Å². The Balaban J connectivity index is 1.24. The zero-order chi connectivity index (χ0) is 28.8. The number of fused-ring (bicyclic) bond motifs is 1. The molecule has 0 bridgehead atoms. The van der Waals surface area contributed by atoms with E-state index in [1.54, 1.807) is 12.3 Å². The first-order valence-electron chi connectivity index (χ1n) is 13.5. The van der Waals surface area contributed by atoms with Gasteiger partial charge in [0.25, 0.3) is 0 Å². The summed E-state index contributed by atoms with van der Waals surface area (Å²) >= 11 is 1.47. The van der Waals surface area contributed by atoms with E-state index >= 15 is 4.39 Å². The number of aromatic nitrogens is 3. The van der Waals surface area contributed by atoms with Crippen molar-refractivity contribution in [2.75, 3.05) is 10.6 Å². The Morgan fingerprint density at radius 3 is 2.61 bits per heavy atom. The lowest BCUT2D eigenvalue weighted by atomic mass is 10.1. The Kier molecular flexibility index (Phi) is 8.69. The van der Waals surface area contributed by atoms with Gasteiger partial charge < -0.3 is 19.9 Å². The number of amides is 2. The van der Waals surface area contributed by atoms with E-state index < -0.39 is 24.1 Å². The standard InChI is InChI=1S/C31H30FN5O3S/c1-3-7-20-8-5-6-9-23(20)36-30(39)17-29(38)35-21-10-11-26(22(32)15-21)40-27-12-13-33-24-16-28(41-31(24)27)25-18-37(14-4-2)19-34-25/h5-6,8-13,15-16,18-19H,3-4,7,14,17H2,1-2H3,(H,35,38)(H,36,39). The molecule has 8 nitrogen and oxygen atoms in total. The first-order valence-corrected chi connectivity index (χ1v) is 14.3. The third-order valence-electron chi connectivity index (χ3n) is 6.31. The summed E-state index contributed by atoms with van der Waals surface area (Å²) < 4.78 is 23.8. The number of hydrogen-bond acceptors (Lipinski definition) is 6. The number of nitrogens with zero attached hydrogens (tertiary/aromatic N) is 3. The average molecular weight is 572 g/mol. The Morgan fingerprint density at radius 2 is 1.80 bits per heavy atom. The molecule has 210 valence electrons. The minimum absolute atomic E-state index is 0.00273. The van der Waals surface area contributed by atoms with Crippen LogP contribution in [0.2, 0.25) is 0 Å². The number of thiophene rings is 1. The molecule has 2 amide bonds. The van der Waals surface area contributed by atoms with Crippen molar-refractivity contribution in [3.63, 3.8) is 0 Å². The highest BCUT2D eigenvalue weighted by Gasteiger charge is 2.16. The van der Waals surface area contributed by atoms with Crippen LogP contribution in [0.4, 0.5) is 15.8 Å². The molecule has 0 fully saturated rings. The molecule has 5 aromatic rings. The summed E-state index contributed by atoms with van der Waals surface area (Å²) in [4.78, 5) is 34.8. The van der Waals surface area contributed by atoms with Crippen molar-refractivity contribution < 1.29 is 18.7 Å². The molecular formula is C31H30FN5O3S. The van der Waals surface area contributed by atoms with Gasteiger partial charge in [0.2, 0.25) is 11.8 Å². The molecule has 41 heavy (non-hydrogen) atoms. The summed E-state index contributed by atoms with van der Waals surface area (Å²) in [6, 6.07) is 15.3. The highest BCUT2D eigenvalue weighted by Crippen LogP contribution is 2.39. The number of ether oxygens (including phenoxy) is 1. The molecule has 5 rings (SSSR count). The van der Waals surface area contributed by atoms with Crippen molar-refractivity contribution in [1.82, 2.24) is 14.5 Å². The van der Waals surface area contributed by atoms with Crippen LogP contribution in [0.5, 0.6) is 11.5 Å². The molecule has 0 aliphatic heterocycles. The molecule has 0 aliphatic rings. The van der Waals surface area contributed by atoms with Crippen LogP contribution in [0.1, 0.15) is 38.7 Å². The predicted molar refractivity (Wildman–Crippen MR) is 160 cm³/mol. The van der Waals surface area contributed by atoms with E-state index in [0.717, 1.165) is 52.2 Å². The molecule has 0 aliphatic carbocycles. The molecule has 0 saturated heterocycles. The quantitative estimate of drug-likeness (QED) is 0.161.